The van der Waals surface area contributed by atoms with Crippen molar-refractivity contribution < 1.29 is 9.90 Å². The third-order valence-corrected chi connectivity index (χ3v) is 4.16. The Morgan fingerprint density at radius 3 is 2.90 bits per heavy atom. The van der Waals surface area contributed by atoms with Crippen LogP contribution in [0.25, 0.3) is 5.52 Å². The van der Waals surface area contributed by atoms with Crippen molar-refractivity contribution in [3.63, 3.8) is 0 Å². The minimum absolute atomic E-state index is 0.00203. The summed E-state index contributed by atoms with van der Waals surface area (Å²) in [6, 6.07) is 5.63. The summed E-state index contributed by atoms with van der Waals surface area (Å²) in [5.41, 5.74) is 0.885. The SMILES string of the molecule is O=C(NC1(CO)CCCCC1)c1cnn2ccccc12. The number of pyridine rings is 1. The van der Waals surface area contributed by atoms with Crippen LogP contribution >= 0.6 is 0 Å². The Labute approximate surface area is 117 Å². The molecule has 5 nitrogen and oxygen atoms in total. The molecule has 2 aromatic rings. The lowest BCUT2D eigenvalue weighted by Gasteiger charge is -2.36. The van der Waals surface area contributed by atoms with E-state index < -0.39 is 5.54 Å². The van der Waals surface area contributed by atoms with E-state index in [0.717, 1.165) is 31.2 Å². The van der Waals surface area contributed by atoms with E-state index in [4.69, 9.17) is 0 Å². The molecule has 2 aromatic heterocycles. The molecule has 0 aromatic carbocycles. The first-order valence-electron chi connectivity index (χ1n) is 7.10. The van der Waals surface area contributed by atoms with Crippen LogP contribution < -0.4 is 5.32 Å². The maximum absolute atomic E-state index is 12.5. The predicted octanol–water partition coefficient (Wildman–Crippen LogP) is 1.76. The van der Waals surface area contributed by atoms with Crippen LogP contribution in [0.4, 0.5) is 0 Å². The van der Waals surface area contributed by atoms with Crippen LogP contribution in [0, 0.1) is 0 Å². The van der Waals surface area contributed by atoms with Crippen molar-refractivity contribution in [2.24, 2.45) is 0 Å². The number of aromatic nitrogens is 2. The van der Waals surface area contributed by atoms with Crippen LogP contribution in [-0.4, -0.2) is 32.8 Å². The normalized spacial score (nSPS) is 18.1. The number of rotatable bonds is 3. The molecule has 0 aliphatic heterocycles. The summed E-state index contributed by atoms with van der Waals surface area (Å²) in [5.74, 6) is -0.151. The summed E-state index contributed by atoms with van der Waals surface area (Å²) in [6.07, 6.45) is 8.36. The fraction of sp³-hybridized carbons (Fsp3) is 0.467. The number of amides is 1. The quantitative estimate of drug-likeness (QED) is 0.895. The maximum Gasteiger partial charge on any atom is 0.255 e. The van der Waals surface area contributed by atoms with E-state index in [1.165, 1.54) is 6.42 Å². The summed E-state index contributed by atoms with van der Waals surface area (Å²) >= 11 is 0. The maximum atomic E-state index is 12.5. The van der Waals surface area contributed by atoms with Crippen LogP contribution in [0.2, 0.25) is 0 Å². The van der Waals surface area contributed by atoms with Gasteiger partial charge >= 0.3 is 0 Å². The topological polar surface area (TPSA) is 66.6 Å². The molecule has 0 saturated heterocycles. The Morgan fingerprint density at radius 1 is 1.35 bits per heavy atom. The van der Waals surface area contributed by atoms with Gasteiger partial charge in [-0.2, -0.15) is 5.10 Å². The summed E-state index contributed by atoms with van der Waals surface area (Å²) in [7, 11) is 0. The lowest BCUT2D eigenvalue weighted by Crippen LogP contribution is -2.52. The Kier molecular flexibility index (Phi) is 3.44. The second-order valence-corrected chi connectivity index (χ2v) is 5.54. The van der Waals surface area contributed by atoms with E-state index in [0.29, 0.717) is 5.56 Å². The Morgan fingerprint density at radius 2 is 2.15 bits per heavy atom. The fourth-order valence-corrected chi connectivity index (χ4v) is 2.97. The van der Waals surface area contributed by atoms with Crippen molar-refractivity contribution >= 4 is 11.4 Å². The van der Waals surface area contributed by atoms with Gasteiger partial charge in [0.1, 0.15) is 0 Å². The number of hydrogen-bond acceptors (Lipinski definition) is 3. The lowest BCUT2D eigenvalue weighted by molar-refractivity contribution is 0.0760. The van der Waals surface area contributed by atoms with E-state index in [1.807, 2.05) is 24.4 Å². The first-order valence-corrected chi connectivity index (χ1v) is 7.10. The van der Waals surface area contributed by atoms with Gasteiger partial charge in [0, 0.05) is 6.20 Å². The largest absolute Gasteiger partial charge is 0.394 e. The van der Waals surface area contributed by atoms with Gasteiger partial charge < -0.3 is 10.4 Å². The third-order valence-electron chi connectivity index (χ3n) is 4.16. The average molecular weight is 273 g/mol. The summed E-state index contributed by atoms with van der Waals surface area (Å²) in [4.78, 5) is 12.5. The highest BCUT2D eigenvalue weighted by Gasteiger charge is 2.33. The number of hydrogen-bond donors (Lipinski definition) is 2. The highest BCUT2D eigenvalue weighted by molar-refractivity contribution is 6.01. The number of carbonyl (C=O) groups excluding carboxylic acids is 1. The zero-order chi connectivity index (χ0) is 14.0. The lowest BCUT2D eigenvalue weighted by atomic mass is 9.82. The number of fused-ring (bicyclic) bond motifs is 1. The zero-order valence-electron chi connectivity index (χ0n) is 11.4. The van der Waals surface area contributed by atoms with Crippen LogP contribution in [0.3, 0.4) is 0 Å². The minimum atomic E-state index is -0.460. The highest BCUT2D eigenvalue weighted by Crippen LogP contribution is 2.28. The molecule has 1 fully saturated rings. The molecule has 2 N–H and O–H groups in total. The van der Waals surface area contributed by atoms with Gasteiger partial charge in [-0.3, -0.25) is 4.79 Å². The first kappa shape index (κ1) is 13.1. The second-order valence-electron chi connectivity index (χ2n) is 5.54. The van der Waals surface area contributed by atoms with Gasteiger partial charge in [-0.15, -0.1) is 0 Å². The number of nitrogens with one attached hydrogen (secondary N) is 1. The molecule has 1 saturated carbocycles. The monoisotopic (exact) mass is 273 g/mol. The first-order chi connectivity index (χ1) is 9.74. The fourth-order valence-electron chi connectivity index (χ4n) is 2.97. The molecular formula is C15H19N3O2. The van der Waals surface area contributed by atoms with E-state index >= 15 is 0 Å². The molecule has 1 aliphatic carbocycles. The van der Waals surface area contributed by atoms with E-state index in [1.54, 1.807) is 10.7 Å². The predicted molar refractivity (Wildman–Crippen MR) is 75.6 cm³/mol. The van der Waals surface area contributed by atoms with E-state index in [2.05, 4.69) is 10.4 Å². The molecule has 0 spiro atoms. The molecule has 0 atom stereocenters. The van der Waals surface area contributed by atoms with Gasteiger partial charge in [0.15, 0.2) is 0 Å². The molecular weight excluding hydrogens is 254 g/mol. The average Bonchev–Trinajstić information content (AvgIpc) is 2.92. The van der Waals surface area contributed by atoms with Crippen LogP contribution in [0.5, 0.6) is 0 Å². The van der Waals surface area contributed by atoms with Gasteiger partial charge in [0.25, 0.3) is 5.91 Å². The molecule has 1 amide bonds. The number of aliphatic hydroxyl groups is 1. The molecule has 5 heteroatoms. The van der Waals surface area contributed by atoms with Crippen molar-refractivity contribution in [3.05, 3.63) is 36.2 Å². The molecule has 0 bridgehead atoms. The van der Waals surface area contributed by atoms with Gasteiger partial charge in [0.05, 0.1) is 29.4 Å². The summed E-state index contributed by atoms with van der Waals surface area (Å²) in [5, 5.41) is 16.9. The number of nitrogens with zero attached hydrogens (tertiary/aromatic N) is 2. The molecule has 2 heterocycles. The molecule has 106 valence electrons. The summed E-state index contributed by atoms with van der Waals surface area (Å²) in [6.45, 7) is -0.00203. The number of carbonyl (C=O) groups is 1. The van der Waals surface area contributed by atoms with E-state index in [-0.39, 0.29) is 12.5 Å². The smallest absolute Gasteiger partial charge is 0.255 e. The van der Waals surface area contributed by atoms with Crippen LogP contribution in [0.1, 0.15) is 42.5 Å². The van der Waals surface area contributed by atoms with Crippen molar-refractivity contribution in [2.45, 2.75) is 37.6 Å². The molecule has 0 unspecified atom stereocenters. The summed E-state index contributed by atoms with van der Waals surface area (Å²) < 4.78 is 1.68. The van der Waals surface area contributed by atoms with Gasteiger partial charge in [0.2, 0.25) is 0 Å². The molecule has 0 radical (unpaired) electrons. The zero-order valence-corrected chi connectivity index (χ0v) is 11.4. The minimum Gasteiger partial charge on any atom is -0.394 e. The van der Waals surface area contributed by atoms with Crippen LogP contribution in [-0.2, 0) is 0 Å². The second kappa shape index (κ2) is 5.25. The number of aliphatic hydroxyl groups excluding tert-OH is 1. The van der Waals surface area contributed by atoms with Crippen molar-refractivity contribution in [3.8, 4) is 0 Å². The Balaban J connectivity index is 1.85. The molecule has 20 heavy (non-hydrogen) atoms. The van der Waals surface area contributed by atoms with Crippen molar-refractivity contribution in [1.29, 1.82) is 0 Å². The van der Waals surface area contributed by atoms with Crippen molar-refractivity contribution in [1.82, 2.24) is 14.9 Å². The standard InChI is InChI=1S/C15H19N3O2/c19-11-15(7-3-1-4-8-15)17-14(20)12-10-16-18-9-5-2-6-13(12)18/h2,5-6,9-10,19H,1,3-4,7-8,11H2,(H,17,20). The van der Waals surface area contributed by atoms with Gasteiger partial charge in [-0.1, -0.05) is 25.3 Å². The Bertz CT molecular complexity index is 614. The van der Waals surface area contributed by atoms with Crippen LogP contribution in [0.15, 0.2) is 30.6 Å². The van der Waals surface area contributed by atoms with Gasteiger partial charge in [-0.25, -0.2) is 4.52 Å². The van der Waals surface area contributed by atoms with Gasteiger partial charge in [-0.05, 0) is 25.0 Å². The molecule has 3 rings (SSSR count). The Hall–Kier alpha value is -1.88. The molecule has 1 aliphatic rings. The third kappa shape index (κ3) is 2.29. The van der Waals surface area contributed by atoms with E-state index in [9.17, 15) is 9.90 Å². The highest BCUT2D eigenvalue weighted by atomic mass is 16.3. The van der Waals surface area contributed by atoms with Crippen molar-refractivity contribution in [2.75, 3.05) is 6.61 Å².